The molecule has 1 heteroatoms. The Morgan fingerprint density at radius 2 is 1.13 bits per heavy atom. The fraction of sp³-hybridized carbons (Fsp3) is 1.00. The summed E-state index contributed by atoms with van der Waals surface area (Å²) in [5.74, 6) is 7.65. The summed E-state index contributed by atoms with van der Waals surface area (Å²) in [4.78, 5) is 0. The van der Waals surface area contributed by atoms with Crippen LogP contribution in [0, 0.1) is 52.3 Å². The number of nitrogens with two attached hydrogens (primary N) is 1. The lowest BCUT2D eigenvalue weighted by Crippen LogP contribution is -2.64. The monoisotopic (exact) mass is 313 g/mol. The Bertz CT molecular complexity index is 459. The van der Waals surface area contributed by atoms with Crippen molar-refractivity contribution in [3.8, 4) is 0 Å². The van der Waals surface area contributed by atoms with Crippen LogP contribution in [0.25, 0.3) is 0 Å². The molecule has 0 amide bonds. The van der Waals surface area contributed by atoms with Gasteiger partial charge in [0.05, 0.1) is 0 Å². The van der Waals surface area contributed by atoms with Gasteiger partial charge in [-0.05, 0) is 136 Å². The van der Waals surface area contributed by atoms with E-state index >= 15 is 0 Å². The van der Waals surface area contributed by atoms with Crippen LogP contribution >= 0.6 is 0 Å². The first-order chi connectivity index (χ1) is 11.2. The van der Waals surface area contributed by atoms with Crippen LogP contribution in [0.5, 0.6) is 0 Å². The summed E-state index contributed by atoms with van der Waals surface area (Å²) in [6.45, 7) is 0.949. The first kappa shape index (κ1) is 14.2. The maximum absolute atomic E-state index is 6.16. The zero-order chi connectivity index (χ0) is 15.2. The molecular formula is C22H35N. The predicted octanol–water partition coefficient (Wildman–Crippen LogP) is 4.99. The van der Waals surface area contributed by atoms with Crippen molar-refractivity contribution in [2.24, 2.45) is 58.0 Å². The summed E-state index contributed by atoms with van der Waals surface area (Å²) < 4.78 is 0. The van der Waals surface area contributed by atoms with Gasteiger partial charge in [-0.1, -0.05) is 0 Å². The van der Waals surface area contributed by atoms with Crippen LogP contribution in [0.1, 0.15) is 77.0 Å². The van der Waals surface area contributed by atoms with Gasteiger partial charge >= 0.3 is 0 Å². The molecule has 2 N–H and O–H groups in total. The van der Waals surface area contributed by atoms with E-state index in [1.165, 1.54) is 6.42 Å². The maximum atomic E-state index is 6.16. The second-order valence-electron chi connectivity index (χ2n) is 11.1. The van der Waals surface area contributed by atoms with E-state index in [-0.39, 0.29) is 0 Å². The quantitative estimate of drug-likeness (QED) is 0.780. The summed E-state index contributed by atoms with van der Waals surface area (Å²) in [5.41, 5.74) is 7.68. The molecule has 0 spiro atoms. The van der Waals surface area contributed by atoms with Gasteiger partial charge in [0.15, 0.2) is 0 Å². The van der Waals surface area contributed by atoms with Crippen LogP contribution in [0.15, 0.2) is 0 Å². The van der Waals surface area contributed by atoms with Gasteiger partial charge in [0.2, 0.25) is 0 Å². The highest BCUT2D eigenvalue weighted by Crippen LogP contribution is 2.76. The number of hydrogen-bond acceptors (Lipinski definition) is 1. The van der Waals surface area contributed by atoms with E-state index in [1.54, 1.807) is 70.6 Å². The predicted molar refractivity (Wildman–Crippen MR) is 93.8 cm³/mol. The van der Waals surface area contributed by atoms with E-state index in [2.05, 4.69) is 0 Å². The van der Waals surface area contributed by atoms with Crippen LogP contribution in [0.4, 0.5) is 0 Å². The molecule has 0 heterocycles. The fourth-order valence-electron chi connectivity index (χ4n) is 10.4. The van der Waals surface area contributed by atoms with Gasteiger partial charge in [-0.25, -0.2) is 0 Å². The molecule has 0 aromatic carbocycles. The molecular weight excluding hydrogens is 278 g/mol. The molecule has 1 nitrogen and oxygen atoms in total. The van der Waals surface area contributed by atoms with E-state index in [0.29, 0.717) is 0 Å². The third kappa shape index (κ3) is 1.74. The van der Waals surface area contributed by atoms with E-state index in [0.717, 1.165) is 58.8 Å². The van der Waals surface area contributed by atoms with E-state index in [4.69, 9.17) is 5.73 Å². The minimum absolute atomic E-state index is 0.747. The van der Waals surface area contributed by atoms with Gasteiger partial charge in [0.1, 0.15) is 0 Å². The Balaban J connectivity index is 1.45. The summed E-state index contributed by atoms with van der Waals surface area (Å²) in [6, 6.07) is 0. The van der Waals surface area contributed by atoms with Crippen LogP contribution in [0.3, 0.4) is 0 Å². The van der Waals surface area contributed by atoms with Gasteiger partial charge in [-0.3, -0.25) is 0 Å². The Morgan fingerprint density at radius 3 is 1.61 bits per heavy atom. The topological polar surface area (TPSA) is 26.0 Å². The van der Waals surface area contributed by atoms with E-state index in [9.17, 15) is 0 Å². The van der Waals surface area contributed by atoms with Crippen molar-refractivity contribution >= 4 is 0 Å². The molecule has 8 aliphatic carbocycles. The molecule has 0 saturated heterocycles. The number of hydrogen-bond donors (Lipinski definition) is 1. The first-order valence-corrected chi connectivity index (χ1v) is 10.9. The normalized spacial score (nSPS) is 62.2. The van der Waals surface area contributed by atoms with Crippen LogP contribution in [0.2, 0.25) is 0 Å². The molecule has 0 radical (unpaired) electrons. The van der Waals surface area contributed by atoms with Gasteiger partial charge in [-0.15, -0.1) is 0 Å². The van der Waals surface area contributed by atoms with Crippen molar-refractivity contribution in [3.63, 3.8) is 0 Å². The molecule has 23 heavy (non-hydrogen) atoms. The highest BCUT2D eigenvalue weighted by molar-refractivity contribution is 5.17. The van der Waals surface area contributed by atoms with Crippen molar-refractivity contribution < 1.29 is 0 Å². The number of rotatable bonds is 3. The van der Waals surface area contributed by atoms with E-state index in [1.807, 2.05) is 0 Å². The Labute approximate surface area is 142 Å². The highest BCUT2D eigenvalue weighted by atomic mass is 14.7. The molecule has 0 aromatic heterocycles. The highest BCUT2D eigenvalue weighted by Gasteiger charge is 2.67. The van der Waals surface area contributed by atoms with Crippen LogP contribution in [-0.2, 0) is 0 Å². The van der Waals surface area contributed by atoms with Gasteiger partial charge in [-0.2, -0.15) is 0 Å². The summed E-state index contributed by atoms with van der Waals surface area (Å²) in [7, 11) is 0. The summed E-state index contributed by atoms with van der Waals surface area (Å²) >= 11 is 0. The van der Waals surface area contributed by atoms with Crippen molar-refractivity contribution in [3.05, 3.63) is 0 Å². The van der Waals surface area contributed by atoms with Crippen LogP contribution < -0.4 is 5.73 Å². The van der Waals surface area contributed by atoms with Crippen LogP contribution in [-0.4, -0.2) is 6.54 Å². The lowest BCUT2D eigenvalue weighted by Gasteiger charge is -2.73. The second-order valence-corrected chi connectivity index (χ2v) is 11.1. The molecule has 0 aliphatic heterocycles. The molecule has 0 aromatic rings. The summed E-state index contributed by atoms with van der Waals surface area (Å²) in [6.07, 6.45) is 19.1. The van der Waals surface area contributed by atoms with E-state index < -0.39 is 0 Å². The van der Waals surface area contributed by atoms with Gasteiger partial charge in [0.25, 0.3) is 0 Å². The second kappa shape index (κ2) is 4.57. The SMILES string of the molecule is NCCC1C2CC3CC(C2)CC1(C12CC4CC(CC(C4)C1)C2)C3. The largest absolute Gasteiger partial charge is 0.330 e. The minimum Gasteiger partial charge on any atom is -0.330 e. The Kier molecular flexibility index (Phi) is 2.81. The average molecular weight is 314 g/mol. The van der Waals surface area contributed by atoms with Gasteiger partial charge < -0.3 is 5.73 Å². The Morgan fingerprint density at radius 1 is 0.652 bits per heavy atom. The Hall–Kier alpha value is -0.0400. The molecule has 8 bridgehead atoms. The standard InChI is InChI=1S/C22H35N/c23-2-1-20-19-7-17-6-18(8-19)13-22(20,12-17)21-9-14-3-15(10-21)5-16(4-14)11-21/h14-20H,1-13,23H2. The molecule has 8 aliphatic rings. The molecule has 3 atom stereocenters. The zero-order valence-corrected chi connectivity index (χ0v) is 14.8. The van der Waals surface area contributed by atoms with Crippen molar-refractivity contribution in [1.29, 1.82) is 0 Å². The third-order valence-corrected chi connectivity index (χ3v) is 10.1. The van der Waals surface area contributed by atoms with Gasteiger partial charge in [0, 0.05) is 0 Å². The molecule has 3 unspecified atom stereocenters. The molecule has 8 fully saturated rings. The lowest BCUT2D eigenvalue weighted by atomic mass is 9.32. The molecule has 128 valence electrons. The molecule has 8 saturated carbocycles. The van der Waals surface area contributed by atoms with Crippen molar-refractivity contribution in [2.75, 3.05) is 6.54 Å². The lowest BCUT2D eigenvalue weighted by molar-refractivity contribution is -0.232. The zero-order valence-electron chi connectivity index (χ0n) is 14.8. The first-order valence-electron chi connectivity index (χ1n) is 10.9. The average Bonchev–Trinajstić information content (AvgIpc) is 2.49. The maximum Gasteiger partial charge on any atom is -0.00743 e. The smallest absolute Gasteiger partial charge is 0.00743 e. The van der Waals surface area contributed by atoms with Crippen molar-refractivity contribution in [2.45, 2.75) is 77.0 Å². The fourth-order valence-corrected chi connectivity index (χ4v) is 10.4. The third-order valence-electron chi connectivity index (χ3n) is 10.1. The van der Waals surface area contributed by atoms with Crippen molar-refractivity contribution in [1.82, 2.24) is 0 Å². The molecule has 8 rings (SSSR count). The summed E-state index contributed by atoms with van der Waals surface area (Å²) in [5, 5.41) is 0. The minimum atomic E-state index is 0.747.